The minimum Gasteiger partial charge on any atom is -0.368 e. The Labute approximate surface area is 168 Å². The Morgan fingerprint density at radius 1 is 1.00 bits per heavy atom. The highest BCUT2D eigenvalue weighted by atomic mass is 16.2. The molecule has 0 bridgehead atoms. The van der Waals surface area contributed by atoms with Crippen LogP contribution in [0.15, 0.2) is 53.8 Å². The van der Waals surface area contributed by atoms with Crippen LogP contribution < -0.4 is 11.3 Å². The van der Waals surface area contributed by atoms with Gasteiger partial charge in [-0.3, -0.25) is 14.6 Å². The first-order valence-corrected chi connectivity index (χ1v) is 9.51. The summed E-state index contributed by atoms with van der Waals surface area (Å²) in [4.78, 5) is 38.7. The van der Waals surface area contributed by atoms with Crippen LogP contribution in [-0.2, 0) is 7.05 Å². The van der Waals surface area contributed by atoms with Crippen molar-refractivity contribution in [2.75, 3.05) is 18.8 Å². The third-order valence-corrected chi connectivity index (χ3v) is 5.32. The SMILES string of the molecule is Cn1cc(C(=O)N2CCC(c3ccc(-c4cnc(N)nc4)cn3)CC2)ccc1=O. The summed E-state index contributed by atoms with van der Waals surface area (Å²) < 4.78 is 1.43. The number of carbonyl (C=O) groups is 1. The molecule has 1 amide bonds. The van der Waals surface area contributed by atoms with Crippen LogP contribution in [0.25, 0.3) is 11.1 Å². The first kappa shape index (κ1) is 18.8. The lowest BCUT2D eigenvalue weighted by atomic mass is 9.92. The fraction of sp³-hybridized carbons (Fsp3) is 0.286. The van der Waals surface area contributed by atoms with Crippen LogP contribution in [0.4, 0.5) is 5.95 Å². The highest BCUT2D eigenvalue weighted by Gasteiger charge is 2.25. The molecule has 0 aromatic carbocycles. The van der Waals surface area contributed by atoms with E-state index in [1.807, 2.05) is 23.2 Å². The van der Waals surface area contributed by atoms with Crippen molar-refractivity contribution in [2.24, 2.45) is 7.05 Å². The lowest BCUT2D eigenvalue weighted by Crippen LogP contribution is -2.38. The zero-order chi connectivity index (χ0) is 20.4. The molecule has 4 heterocycles. The van der Waals surface area contributed by atoms with Crippen molar-refractivity contribution in [3.8, 4) is 11.1 Å². The Morgan fingerprint density at radius 3 is 2.31 bits per heavy atom. The summed E-state index contributed by atoms with van der Waals surface area (Å²) in [6.07, 6.45) is 8.50. The number of carbonyl (C=O) groups excluding carboxylic acids is 1. The number of likely N-dealkylation sites (tertiary alicyclic amines) is 1. The van der Waals surface area contributed by atoms with E-state index in [4.69, 9.17) is 5.73 Å². The van der Waals surface area contributed by atoms with Gasteiger partial charge in [0.1, 0.15) is 0 Å². The zero-order valence-corrected chi connectivity index (χ0v) is 16.2. The number of hydrogen-bond donors (Lipinski definition) is 1. The van der Waals surface area contributed by atoms with Crippen LogP contribution in [0.5, 0.6) is 0 Å². The van der Waals surface area contributed by atoms with Gasteiger partial charge in [0, 0.05) is 73.7 Å². The molecule has 4 rings (SSSR count). The van der Waals surface area contributed by atoms with Crippen molar-refractivity contribution in [3.05, 3.63) is 70.7 Å². The van der Waals surface area contributed by atoms with Gasteiger partial charge in [-0.15, -0.1) is 0 Å². The Morgan fingerprint density at radius 2 is 1.69 bits per heavy atom. The molecule has 1 aliphatic rings. The first-order valence-electron chi connectivity index (χ1n) is 9.51. The lowest BCUT2D eigenvalue weighted by Gasteiger charge is -2.32. The summed E-state index contributed by atoms with van der Waals surface area (Å²) in [6.45, 7) is 1.34. The molecule has 0 radical (unpaired) electrons. The third-order valence-electron chi connectivity index (χ3n) is 5.32. The molecule has 0 atom stereocenters. The van der Waals surface area contributed by atoms with Crippen LogP contribution in [0.1, 0.15) is 34.8 Å². The maximum absolute atomic E-state index is 12.7. The van der Waals surface area contributed by atoms with Crippen LogP contribution in [0, 0.1) is 0 Å². The number of piperidine rings is 1. The highest BCUT2D eigenvalue weighted by molar-refractivity contribution is 5.94. The van der Waals surface area contributed by atoms with Crippen LogP contribution in [0.3, 0.4) is 0 Å². The molecule has 0 aliphatic carbocycles. The van der Waals surface area contributed by atoms with Gasteiger partial charge >= 0.3 is 0 Å². The molecule has 1 aliphatic heterocycles. The number of hydrogen-bond acceptors (Lipinski definition) is 6. The second kappa shape index (κ2) is 7.83. The van der Waals surface area contributed by atoms with Crippen molar-refractivity contribution < 1.29 is 4.79 Å². The fourth-order valence-corrected chi connectivity index (χ4v) is 3.59. The predicted octanol–water partition coefficient (Wildman–Crippen LogP) is 1.84. The largest absolute Gasteiger partial charge is 0.368 e. The van der Waals surface area contributed by atoms with Gasteiger partial charge in [-0.25, -0.2) is 9.97 Å². The van der Waals surface area contributed by atoms with Gasteiger partial charge in [0.25, 0.3) is 5.91 Å². The van der Waals surface area contributed by atoms with Gasteiger partial charge in [0.05, 0.1) is 5.56 Å². The number of aromatic nitrogens is 4. The lowest BCUT2D eigenvalue weighted by molar-refractivity contribution is 0.0711. The van der Waals surface area contributed by atoms with Gasteiger partial charge in [-0.2, -0.15) is 0 Å². The van der Waals surface area contributed by atoms with Crippen molar-refractivity contribution in [3.63, 3.8) is 0 Å². The molecule has 1 saturated heterocycles. The summed E-state index contributed by atoms with van der Waals surface area (Å²) in [5.74, 6) is 0.527. The first-order chi connectivity index (χ1) is 14.0. The Balaban J connectivity index is 1.40. The smallest absolute Gasteiger partial charge is 0.255 e. The van der Waals surface area contributed by atoms with Crippen LogP contribution in [-0.4, -0.2) is 43.4 Å². The zero-order valence-electron chi connectivity index (χ0n) is 16.2. The Bertz CT molecular complexity index is 1070. The number of pyridine rings is 2. The van der Waals surface area contributed by atoms with Gasteiger partial charge in [0.15, 0.2) is 0 Å². The minimum absolute atomic E-state index is 0.0364. The van der Waals surface area contributed by atoms with E-state index < -0.39 is 0 Å². The van der Waals surface area contributed by atoms with E-state index in [0.717, 1.165) is 29.7 Å². The quantitative estimate of drug-likeness (QED) is 0.731. The topological polar surface area (TPSA) is 107 Å². The van der Waals surface area contributed by atoms with E-state index >= 15 is 0 Å². The molecule has 148 valence electrons. The average molecular weight is 390 g/mol. The normalized spacial score (nSPS) is 14.7. The molecule has 1 fully saturated rings. The summed E-state index contributed by atoms with van der Waals surface area (Å²) >= 11 is 0. The van der Waals surface area contributed by atoms with Crippen molar-refractivity contribution in [1.82, 2.24) is 24.4 Å². The summed E-state index contributed by atoms with van der Waals surface area (Å²) in [7, 11) is 1.65. The number of aryl methyl sites for hydroxylation is 1. The molecule has 3 aromatic heterocycles. The highest BCUT2D eigenvalue weighted by Crippen LogP contribution is 2.28. The minimum atomic E-state index is -0.125. The van der Waals surface area contributed by atoms with E-state index in [0.29, 0.717) is 24.6 Å². The molecular formula is C21H22N6O2. The fourth-order valence-electron chi connectivity index (χ4n) is 3.59. The van der Waals surface area contributed by atoms with E-state index in [2.05, 4.69) is 15.0 Å². The van der Waals surface area contributed by atoms with Gasteiger partial charge in [0.2, 0.25) is 11.5 Å². The van der Waals surface area contributed by atoms with Gasteiger partial charge in [-0.1, -0.05) is 6.07 Å². The summed E-state index contributed by atoms with van der Waals surface area (Å²) in [6, 6.07) is 7.07. The van der Waals surface area contributed by atoms with Crippen LogP contribution in [0.2, 0.25) is 0 Å². The van der Waals surface area contributed by atoms with Crippen molar-refractivity contribution >= 4 is 11.9 Å². The van der Waals surface area contributed by atoms with E-state index in [9.17, 15) is 9.59 Å². The second-order valence-corrected chi connectivity index (χ2v) is 7.24. The molecule has 8 nitrogen and oxygen atoms in total. The molecule has 8 heteroatoms. The average Bonchev–Trinajstić information content (AvgIpc) is 2.76. The number of amides is 1. The number of rotatable bonds is 3. The monoisotopic (exact) mass is 390 g/mol. The Hall–Kier alpha value is -3.55. The van der Waals surface area contributed by atoms with Crippen molar-refractivity contribution in [1.29, 1.82) is 0 Å². The molecular weight excluding hydrogens is 368 g/mol. The molecule has 2 N–H and O–H groups in total. The number of nitrogens with two attached hydrogens (primary N) is 1. The molecule has 0 unspecified atom stereocenters. The van der Waals surface area contributed by atoms with Crippen molar-refractivity contribution in [2.45, 2.75) is 18.8 Å². The maximum Gasteiger partial charge on any atom is 0.255 e. The Kier molecular flexibility index (Phi) is 5.07. The number of anilines is 1. The number of nitrogens with zero attached hydrogens (tertiary/aromatic N) is 5. The third kappa shape index (κ3) is 4.01. The van der Waals surface area contributed by atoms with Gasteiger partial charge < -0.3 is 15.2 Å². The molecule has 0 spiro atoms. The molecule has 29 heavy (non-hydrogen) atoms. The van der Waals surface area contributed by atoms with E-state index in [1.165, 1.54) is 10.6 Å². The second-order valence-electron chi connectivity index (χ2n) is 7.24. The van der Waals surface area contributed by atoms with Gasteiger partial charge in [-0.05, 0) is 25.0 Å². The summed E-state index contributed by atoms with van der Waals surface area (Å²) in [5, 5.41) is 0. The summed E-state index contributed by atoms with van der Waals surface area (Å²) in [5.41, 5.74) is 8.78. The maximum atomic E-state index is 12.7. The van der Waals surface area contributed by atoms with E-state index in [-0.39, 0.29) is 17.4 Å². The van der Waals surface area contributed by atoms with E-state index in [1.54, 1.807) is 31.7 Å². The van der Waals surface area contributed by atoms with Crippen LogP contribution >= 0.6 is 0 Å². The standard InChI is InChI=1S/C21H22N6O2/c1-26-13-16(3-5-19(26)28)20(29)27-8-6-14(7-9-27)18-4-2-15(10-23-18)17-11-24-21(22)25-12-17/h2-5,10-14H,6-9H2,1H3,(H2,22,24,25). The number of nitrogen functional groups attached to an aromatic ring is 1. The molecule has 0 saturated carbocycles. The predicted molar refractivity (Wildman–Crippen MR) is 109 cm³/mol. The molecule has 3 aromatic rings.